The second-order valence-electron chi connectivity index (χ2n) is 6.86. The largest absolute Gasteiger partial charge is 0.382 e. The van der Waals surface area contributed by atoms with Gasteiger partial charge in [-0.15, -0.1) is 0 Å². The molecule has 30 heavy (non-hydrogen) atoms. The fourth-order valence-corrected chi connectivity index (χ4v) is 3.45. The van der Waals surface area contributed by atoms with Crippen molar-refractivity contribution in [1.29, 1.82) is 0 Å². The number of aromatic nitrogens is 4. The Bertz CT molecular complexity index is 1240. The van der Waals surface area contributed by atoms with E-state index in [2.05, 4.69) is 15.4 Å². The molecule has 2 heterocycles. The molecule has 1 N–H and O–H groups in total. The van der Waals surface area contributed by atoms with E-state index in [1.165, 1.54) is 10.9 Å². The van der Waals surface area contributed by atoms with Gasteiger partial charge in [-0.2, -0.15) is 5.10 Å². The average Bonchev–Trinajstić information content (AvgIpc) is 3.10. The molecule has 0 spiro atoms. The predicted molar refractivity (Wildman–Crippen MR) is 115 cm³/mol. The number of carbonyl (C=O) groups excluding carboxylic acids is 1. The number of nitrogens with one attached hydrogen (secondary N) is 1. The minimum atomic E-state index is -0.266. The lowest BCUT2D eigenvalue weighted by Crippen LogP contribution is -2.24. The monoisotopic (exact) mass is 405 g/mol. The van der Waals surface area contributed by atoms with Crippen LogP contribution in [0.15, 0.2) is 59.5 Å². The van der Waals surface area contributed by atoms with Crippen molar-refractivity contribution < 1.29 is 9.53 Å². The Kier molecular flexibility index (Phi) is 5.85. The van der Waals surface area contributed by atoms with Gasteiger partial charge in [0.05, 0.1) is 22.7 Å². The number of benzene rings is 2. The van der Waals surface area contributed by atoms with Crippen molar-refractivity contribution in [2.45, 2.75) is 26.4 Å². The van der Waals surface area contributed by atoms with Gasteiger partial charge in [0, 0.05) is 25.1 Å². The molecule has 0 saturated heterocycles. The molecule has 0 aliphatic rings. The highest BCUT2D eigenvalue weighted by molar-refractivity contribution is 5.92. The third-order valence-electron chi connectivity index (χ3n) is 4.84. The first-order valence-corrected chi connectivity index (χ1v) is 9.95. The number of carbonyl (C=O) groups is 1. The molecule has 4 rings (SSSR count). The van der Waals surface area contributed by atoms with Crippen LogP contribution in [0.3, 0.4) is 0 Å². The number of rotatable bonds is 8. The van der Waals surface area contributed by atoms with Crippen LogP contribution in [0.2, 0.25) is 0 Å². The Hall–Kier alpha value is -3.52. The number of ether oxygens (including phenoxy) is 1. The minimum Gasteiger partial charge on any atom is -0.382 e. The van der Waals surface area contributed by atoms with Gasteiger partial charge in [-0.1, -0.05) is 24.3 Å². The summed E-state index contributed by atoms with van der Waals surface area (Å²) in [6.45, 7) is 3.93. The third-order valence-corrected chi connectivity index (χ3v) is 4.84. The number of amides is 1. The van der Waals surface area contributed by atoms with Crippen LogP contribution in [0.4, 0.5) is 5.95 Å². The van der Waals surface area contributed by atoms with Gasteiger partial charge >= 0.3 is 0 Å². The maximum Gasteiger partial charge on any atom is 0.248 e. The SMILES string of the molecule is CCOCCCn1c(NC(=O)Cn2ncc(=O)c3ccccc32)nc2ccccc21. The summed E-state index contributed by atoms with van der Waals surface area (Å²) in [7, 11) is 0. The molecule has 0 aliphatic heterocycles. The van der Waals surface area contributed by atoms with Crippen molar-refractivity contribution in [3.8, 4) is 0 Å². The summed E-state index contributed by atoms with van der Waals surface area (Å²) in [4.78, 5) is 29.4. The Balaban J connectivity index is 1.57. The zero-order chi connectivity index (χ0) is 20.9. The van der Waals surface area contributed by atoms with Gasteiger partial charge in [0.2, 0.25) is 17.3 Å². The zero-order valence-electron chi connectivity index (χ0n) is 16.7. The van der Waals surface area contributed by atoms with Crippen LogP contribution in [-0.4, -0.2) is 38.5 Å². The van der Waals surface area contributed by atoms with Gasteiger partial charge in [-0.25, -0.2) is 4.98 Å². The lowest BCUT2D eigenvalue weighted by molar-refractivity contribution is -0.116. The van der Waals surface area contributed by atoms with E-state index in [1.54, 1.807) is 18.2 Å². The number of hydrogen-bond donors (Lipinski definition) is 1. The van der Waals surface area contributed by atoms with Crippen LogP contribution >= 0.6 is 0 Å². The quantitative estimate of drug-likeness (QED) is 0.455. The van der Waals surface area contributed by atoms with Crippen molar-refractivity contribution in [2.75, 3.05) is 18.5 Å². The van der Waals surface area contributed by atoms with Crippen molar-refractivity contribution in [2.24, 2.45) is 0 Å². The highest BCUT2D eigenvalue weighted by Crippen LogP contribution is 2.20. The molecular weight excluding hydrogens is 382 g/mol. The number of imidazole rings is 1. The van der Waals surface area contributed by atoms with Crippen LogP contribution in [0.5, 0.6) is 0 Å². The van der Waals surface area contributed by atoms with Gasteiger partial charge in [-0.05, 0) is 37.6 Å². The molecule has 1 amide bonds. The number of nitrogens with zero attached hydrogens (tertiary/aromatic N) is 4. The predicted octanol–water partition coefficient (Wildman–Crippen LogP) is 2.81. The van der Waals surface area contributed by atoms with E-state index >= 15 is 0 Å². The van der Waals surface area contributed by atoms with Crippen LogP contribution in [0, 0.1) is 0 Å². The molecule has 0 bridgehead atoms. The molecule has 0 saturated carbocycles. The van der Waals surface area contributed by atoms with Crippen molar-refractivity contribution >= 4 is 33.8 Å². The lowest BCUT2D eigenvalue weighted by Gasteiger charge is -2.12. The summed E-state index contributed by atoms with van der Waals surface area (Å²) in [5.74, 6) is 0.223. The lowest BCUT2D eigenvalue weighted by atomic mass is 10.2. The van der Waals surface area contributed by atoms with Crippen LogP contribution in [0.25, 0.3) is 21.9 Å². The Morgan fingerprint density at radius 3 is 2.70 bits per heavy atom. The molecule has 8 nitrogen and oxygen atoms in total. The molecular formula is C22H23N5O3. The molecule has 0 radical (unpaired) electrons. The molecule has 8 heteroatoms. The Morgan fingerprint density at radius 2 is 1.87 bits per heavy atom. The van der Waals surface area contributed by atoms with E-state index in [-0.39, 0.29) is 17.9 Å². The highest BCUT2D eigenvalue weighted by Gasteiger charge is 2.14. The number of aryl methyl sites for hydroxylation is 1. The summed E-state index contributed by atoms with van der Waals surface area (Å²) in [5, 5.41) is 7.56. The maximum atomic E-state index is 12.8. The van der Waals surface area contributed by atoms with Crippen molar-refractivity contribution in [1.82, 2.24) is 19.3 Å². The number of anilines is 1. The topological polar surface area (TPSA) is 91.0 Å². The van der Waals surface area contributed by atoms with Gasteiger partial charge in [-0.3, -0.25) is 19.6 Å². The third kappa shape index (κ3) is 4.08. The first kappa shape index (κ1) is 19.8. The van der Waals surface area contributed by atoms with Crippen molar-refractivity contribution in [3.05, 3.63) is 65.0 Å². The first-order valence-electron chi connectivity index (χ1n) is 9.95. The summed E-state index contributed by atoms with van der Waals surface area (Å²) in [5.41, 5.74) is 2.22. The smallest absolute Gasteiger partial charge is 0.248 e. The van der Waals surface area contributed by atoms with Gasteiger partial charge in [0.1, 0.15) is 6.54 Å². The maximum absolute atomic E-state index is 12.8. The molecule has 0 unspecified atom stereocenters. The van der Waals surface area contributed by atoms with E-state index < -0.39 is 0 Å². The van der Waals surface area contributed by atoms with Gasteiger partial charge < -0.3 is 9.30 Å². The molecule has 0 fully saturated rings. The summed E-state index contributed by atoms with van der Waals surface area (Å²) >= 11 is 0. The van der Waals surface area contributed by atoms with Crippen LogP contribution in [-0.2, 0) is 22.6 Å². The van der Waals surface area contributed by atoms with E-state index in [1.807, 2.05) is 41.8 Å². The van der Waals surface area contributed by atoms with E-state index in [9.17, 15) is 9.59 Å². The first-order chi connectivity index (χ1) is 14.7. The standard InChI is InChI=1S/C22H23N5O3/c1-2-30-13-7-12-26-19-11-6-4-9-17(19)24-22(26)25-21(29)15-27-18-10-5-3-8-16(18)20(28)14-23-27/h3-6,8-11,14H,2,7,12-13,15H2,1H3,(H,24,25,29). The van der Waals surface area contributed by atoms with E-state index in [0.717, 1.165) is 17.5 Å². The van der Waals surface area contributed by atoms with E-state index in [4.69, 9.17) is 4.74 Å². The number of para-hydroxylation sites is 3. The average molecular weight is 405 g/mol. The fourth-order valence-electron chi connectivity index (χ4n) is 3.45. The summed E-state index contributed by atoms with van der Waals surface area (Å²) < 4.78 is 8.95. The zero-order valence-corrected chi connectivity index (χ0v) is 16.7. The van der Waals surface area contributed by atoms with Gasteiger partial charge in [0.25, 0.3) is 0 Å². The van der Waals surface area contributed by atoms with Crippen molar-refractivity contribution in [3.63, 3.8) is 0 Å². The second-order valence-corrected chi connectivity index (χ2v) is 6.86. The molecule has 0 atom stereocenters. The number of hydrogen-bond acceptors (Lipinski definition) is 5. The van der Waals surface area contributed by atoms with Crippen LogP contribution < -0.4 is 10.7 Å². The Labute approximate surface area is 173 Å². The summed E-state index contributed by atoms with van der Waals surface area (Å²) in [6.07, 6.45) is 2.04. The highest BCUT2D eigenvalue weighted by atomic mass is 16.5. The molecule has 2 aromatic carbocycles. The minimum absolute atomic E-state index is 0.0249. The summed E-state index contributed by atoms with van der Waals surface area (Å²) in [6, 6.07) is 14.9. The molecule has 4 aromatic rings. The fraction of sp³-hybridized carbons (Fsp3) is 0.273. The Morgan fingerprint density at radius 1 is 1.10 bits per heavy atom. The second kappa shape index (κ2) is 8.87. The normalized spacial score (nSPS) is 11.2. The van der Waals surface area contributed by atoms with E-state index in [0.29, 0.717) is 36.6 Å². The molecule has 0 aliphatic carbocycles. The number of fused-ring (bicyclic) bond motifs is 2. The molecule has 154 valence electrons. The molecule has 2 aromatic heterocycles. The van der Waals surface area contributed by atoms with Gasteiger partial charge in [0.15, 0.2) is 0 Å². The van der Waals surface area contributed by atoms with Crippen LogP contribution in [0.1, 0.15) is 13.3 Å².